The van der Waals surface area contributed by atoms with Crippen molar-refractivity contribution in [1.82, 2.24) is 10.6 Å². The lowest BCUT2D eigenvalue weighted by Gasteiger charge is -2.17. The first-order valence-electron chi connectivity index (χ1n) is 9.01. The van der Waals surface area contributed by atoms with E-state index < -0.39 is 18.0 Å². The summed E-state index contributed by atoms with van der Waals surface area (Å²) >= 11 is 0. The second-order valence-corrected chi connectivity index (χ2v) is 6.23. The average Bonchev–Trinajstić information content (AvgIpc) is 3.13. The molecule has 1 saturated carbocycles. The molecule has 0 bridgehead atoms. The van der Waals surface area contributed by atoms with Crippen LogP contribution in [0.4, 0.5) is 0 Å². The number of ether oxygens (including phenoxy) is 2. The summed E-state index contributed by atoms with van der Waals surface area (Å²) < 4.78 is 10.5. The molecule has 142 valence electrons. The summed E-state index contributed by atoms with van der Waals surface area (Å²) in [4.78, 5) is 36.1. The number of esters is 1. The van der Waals surface area contributed by atoms with Crippen LogP contribution in [0.25, 0.3) is 0 Å². The summed E-state index contributed by atoms with van der Waals surface area (Å²) in [6, 6.07) is 6.94. The van der Waals surface area contributed by atoms with Crippen molar-refractivity contribution in [3.05, 3.63) is 29.8 Å². The molecule has 0 aliphatic heterocycles. The number of nitrogens with one attached hydrogen (secondary N) is 2. The molecule has 0 heterocycles. The zero-order valence-corrected chi connectivity index (χ0v) is 15.2. The maximum atomic E-state index is 12.2. The Hall–Kier alpha value is -2.57. The Labute approximate surface area is 153 Å². The quantitative estimate of drug-likeness (QED) is 0.688. The number of benzene rings is 1. The SMILES string of the molecule is CCOc1ccccc1C(=O)NCC(=O)O[C@@H](C)C(=O)NC1CCCC1. The largest absolute Gasteiger partial charge is 0.493 e. The molecule has 0 unspecified atom stereocenters. The third-order valence-corrected chi connectivity index (χ3v) is 4.20. The molecule has 0 spiro atoms. The zero-order valence-electron chi connectivity index (χ0n) is 15.2. The van der Waals surface area contributed by atoms with Gasteiger partial charge >= 0.3 is 5.97 Å². The Morgan fingerprint density at radius 1 is 1.19 bits per heavy atom. The molecule has 7 heteroatoms. The molecule has 1 fully saturated rings. The van der Waals surface area contributed by atoms with Crippen LogP contribution >= 0.6 is 0 Å². The van der Waals surface area contributed by atoms with Crippen molar-refractivity contribution in [2.75, 3.05) is 13.2 Å². The van der Waals surface area contributed by atoms with E-state index in [1.54, 1.807) is 24.3 Å². The lowest BCUT2D eigenvalue weighted by molar-refractivity contribution is -0.154. The smallest absolute Gasteiger partial charge is 0.326 e. The molecule has 2 rings (SSSR count). The van der Waals surface area contributed by atoms with Gasteiger partial charge in [0.05, 0.1) is 12.2 Å². The van der Waals surface area contributed by atoms with Gasteiger partial charge in [0.15, 0.2) is 6.10 Å². The molecule has 0 radical (unpaired) electrons. The second kappa shape index (κ2) is 9.79. The van der Waals surface area contributed by atoms with Gasteiger partial charge in [0.1, 0.15) is 12.3 Å². The highest BCUT2D eigenvalue weighted by atomic mass is 16.5. The molecule has 0 saturated heterocycles. The molecule has 1 aliphatic rings. The fourth-order valence-corrected chi connectivity index (χ4v) is 2.86. The van der Waals surface area contributed by atoms with Gasteiger partial charge in [0.2, 0.25) is 0 Å². The molecule has 2 N–H and O–H groups in total. The van der Waals surface area contributed by atoms with Gasteiger partial charge in [-0.2, -0.15) is 0 Å². The Bertz CT molecular complexity index is 641. The van der Waals surface area contributed by atoms with Crippen molar-refractivity contribution in [1.29, 1.82) is 0 Å². The minimum atomic E-state index is -0.893. The van der Waals surface area contributed by atoms with Crippen molar-refractivity contribution in [3.63, 3.8) is 0 Å². The van der Waals surface area contributed by atoms with E-state index in [0.29, 0.717) is 17.9 Å². The first kappa shape index (κ1) is 19.8. The van der Waals surface area contributed by atoms with Crippen molar-refractivity contribution < 1.29 is 23.9 Å². The van der Waals surface area contributed by atoms with Crippen LogP contribution in [0.3, 0.4) is 0 Å². The van der Waals surface area contributed by atoms with E-state index in [-0.39, 0.29) is 18.5 Å². The number of carbonyl (C=O) groups is 3. The lowest BCUT2D eigenvalue weighted by atomic mass is 10.2. The minimum absolute atomic E-state index is 0.165. The van der Waals surface area contributed by atoms with Gasteiger partial charge in [-0.25, -0.2) is 0 Å². The minimum Gasteiger partial charge on any atom is -0.493 e. The third-order valence-electron chi connectivity index (χ3n) is 4.20. The van der Waals surface area contributed by atoms with Crippen LogP contribution in [0.1, 0.15) is 49.9 Å². The molecule has 1 aliphatic carbocycles. The summed E-state index contributed by atoms with van der Waals surface area (Å²) in [6.45, 7) is 3.46. The molecule has 1 aromatic rings. The Balaban J connectivity index is 1.78. The summed E-state index contributed by atoms with van der Waals surface area (Å²) in [5.41, 5.74) is 0.342. The van der Waals surface area contributed by atoms with E-state index in [0.717, 1.165) is 25.7 Å². The molecule has 26 heavy (non-hydrogen) atoms. The highest BCUT2D eigenvalue weighted by Crippen LogP contribution is 2.18. The fraction of sp³-hybridized carbons (Fsp3) is 0.526. The van der Waals surface area contributed by atoms with Crippen molar-refractivity contribution >= 4 is 17.8 Å². The second-order valence-electron chi connectivity index (χ2n) is 6.23. The molecule has 1 aromatic carbocycles. The van der Waals surface area contributed by atoms with E-state index in [1.807, 2.05) is 6.92 Å². The predicted molar refractivity (Wildman–Crippen MR) is 95.9 cm³/mol. The first-order valence-corrected chi connectivity index (χ1v) is 9.01. The van der Waals surface area contributed by atoms with E-state index >= 15 is 0 Å². The number of para-hydroxylation sites is 1. The van der Waals surface area contributed by atoms with Crippen LogP contribution in [0.5, 0.6) is 5.75 Å². The standard InChI is InChI=1S/C19H26N2O5/c1-3-25-16-11-7-6-10-15(16)19(24)20-12-17(22)26-13(2)18(23)21-14-8-4-5-9-14/h6-7,10-11,13-14H,3-5,8-9,12H2,1-2H3,(H,20,24)(H,21,23)/t13-/m0/s1. The van der Waals surface area contributed by atoms with Gasteiger partial charge in [-0.1, -0.05) is 25.0 Å². The van der Waals surface area contributed by atoms with Gasteiger partial charge in [-0.05, 0) is 38.8 Å². The van der Waals surface area contributed by atoms with E-state index in [2.05, 4.69) is 10.6 Å². The van der Waals surface area contributed by atoms with Crippen LogP contribution in [0.15, 0.2) is 24.3 Å². The number of amides is 2. The maximum Gasteiger partial charge on any atom is 0.326 e. The molecule has 7 nitrogen and oxygen atoms in total. The highest BCUT2D eigenvalue weighted by molar-refractivity contribution is 5.98. The summed E-state index contributed by atoms with van der Waals surface area (Å²) in [5, 5.41) is 5.37. The highest BCUT2D eigenvalue weighted by Gasteiger charge is 2.23. The van der Waals surface area contributed by atoms with Gasteiger partial charge < -0.3 is 20.1 Å². The summed E-state index contributed by atoms with van der Waals surface area (Å²) in [5.74, 6) is -0.959. The Morgan fingerprint density at radius 2 is 1.88 bits per heavy atom. The van der Waals surface area contributed by atoms with Crippen LogP contribution in [-0.4, -0.2) is 43.1 Å². The first-order chi connectivity index (χ1) is 12.5. The van der Waals surface area contributed by atoms with Gasteiger partial charge in [-0.3, -0.25) is 14.4 Å². The van der Waals surface area contributed by atoms with Gasteiger partial charge in [0.25, 0.3) is 11.8 Å². The lowest BCUT2D eigenvalue weighted by Crippen LogP contribution is -2.42. The van der Waals surface area contributed by atoms with Gasteiger partial charge in [0, 0.05) is 6.04 Å². The average molecular weight is 362 g/mol. The Kier molecular flexibility index (Phi) is 7.44. The third kappa shape index (κ3) is 5.75. The van der Waals surface area contributed by atoms with Crippen LogP contribution in [0.2, 0.25) is 0 Å². The molecular weight excluding hydrogens is 336 g/mol. The van der Waals surface area contributed by atoms with Crippen molar-refractivity contribution in [3.8, 4) is 5.75 Å². The number of hydrogen-bond acceptors (Lipinski definition) is 5. The predicted octanol–water partition coefficient (Wildman–Crippen LogP) is 1.81. The summed E-state index contributed by atoms with van der Waals surface area (Å²) in [6.07, 6.45) is 3.24. The van der Waals surface area contributed by atoms with Crippen molar-refractivity contribution in [2.45, 2.75) is 51.7 Å². The van der Waals surface area contributed by atoms with E-state index in [1.165, 1.54) is 6.92 Å². The zero-order chi connectivity index (χ0) is 18.9. The van der Waals surface area contributed by atoms with E-state index in [9.17, 15) is 14.4 Å². The van der Waals surface area contributed by atoms with Gasteiger partial charge in [-0.15, -0.1) is 0 Å². The normalized spacial score (nSPS) is 15.2. The number of carbonyl (C=O) groups excluding carboxylic acids is 3. The molecule has 1 atom stereocenters. The van der Waals surface area contributed by atoms with Crippen LogP contribution in [0, 0.1) is 0 Å². The summed E-state index contributed by atoms with van der Waals surface area (Å²) in [7, 11) is 0. The Morgan fingerprint density at radius 3 is 2.58 bits per heavy atom. The van der Waals surface area contributed by atoms with Crippen LogP contribution in [-0.2, 0) is 14.3 Å². The number of hydrogen-bond donors (Lipinski definition) is 2. The molecule has 0 aromatic heterocycles. The van der Waals surface area contributed by atoms with Crippen LogP contribution < -0.4 is 15.4 Å². The fourth-order valence-electron chi connectivity index (χ4n) is 2.86. The number of rotatable bonds is 8. The molecular formula is C19H26N2O5. The maximum absolute atomic E-state index is 12.2. The van der Waals surface area contributed by atoms with E-state index in [4.69, 9.17) is 9.47 Å². The molecule has 2 amide bonds. The van der Waals surface area contributed by atoms with Crippen molar-refractivity contribution in [2.24, 2.45) is 0 Å². The monoisotopic (exact) mass is 362 g/mol. The topological polar surface area (TPSA) is 93.7 Å².